The van der Waals surface area contributed by atoms with Crippen molar-refractivity contribution in [3.05, 3.63) is 58.0 Å². The molecule has 0 aliphatic heterocycles. The molecule has 0 radical (unpaired) electrons. The fourth-order valence-corrected chi connectivity index (χ4v) is 1.79. The van der Waals surface area contributed by atoms with Gasteiger partial charge in [-0.05, 0) is 29.8 Å². The zero-order chi connectivity index (χ0) is 12.1. The van der Waals surface area contributed by atoms with E-state index in [1.807, 2.05) is 24.3 Å². The van der Waals surface area contributed by atoms with Crippen LogP contribution in [0.1, 0.15) is 17.1 Å². The van der Waals surface area contributed by atoms with Gasteiger partial charge in [-0.25, -0.2) is 4.39 Å². The first-order chi connectivity index (χ1) is 8.28. The molecule has 0 bridgehead atoms. The van der Waals surface area contributed by atoms with Crippen molar-refractivity contribution in [1.29, 1.82) is 0 Å². The van der Waals surface area contributed by atoms with E-state index in [-0.39, 0.29) is 0 Å². The molecule has 1 N–H and O–H groups in total. The smallest absolute Gasteiger partial charge is 0.147 e. The summed E-state index contributed by atoms with van der Waals surface area (Å²) in [5.74, 6) is 1.14. The largest absolute Gasteiger partial charge is 0.462 e. The molecule has 90 valence electrons. The van der Waals surface area contributed by atoms with Gasteiger partial charge in [0.25, 0.3) is 0 Å². The third-order valence-corrected chi connectivity index (χ3v) is 2.92. The minimum atomic E-state index is -0.549. The SMILES string of the molecule is FCc1ccc(CNCc2ccc(Br)cc2)o1. The Morgan fingerprint density at radius 1 is 1.00 bits per heavy atom. The van der Waals surface area contributed by atoms with Crippen LogP contribution < -0.4 is 5.32 Å². The fourth-order valence-electron chi connectivity index (χ4n) is 1.52. The second kappa shape index (κ2) is 5.98. The Morgan fingerprint density at radius 2 is 1.71 bits per heavy atom. The van der Waals surface area contributed by atoms with Gasteiger partial charge in [-0.1, -0.05) is 28.1 Å². The maximum absolute atomic E-state index is 12.2. The van der Waals surface area contributed by atoms with Gasteiger partial charge in [0, 0.05) is 11.0 Å². The van der Waals surface area contributed by atoms with E-state index in [0.717, 1.165) is 16.8 Å². The molecule has 0 atom stereocenters. The first-order valence-corrected chi connectivity index (χ1v) is 6.16. The van der Waals surface area contributed by atoms with E-state index < -0.39 is 6.67 Å². The predicted octanol–water partition coefficient (Wildman–Crippen LogP) is 3.80. The van der Waals surface area contributed by atoms with Crippen molar-refractivity contribution in [3.8, 4) is 0 Å². The Bertz CT molecular complexity index is 467. The highest BCUT2D eigenvalue weighted by Gasteiger charge is 2.01. The van der Waals surface area contributed by atoms with Crippen molar-refractivity contribution in [3.63, 3.8) is 0 Å². The van der Waals surface area contributed by atoms with Crippen LogP contribution >= 0.6 is 15.9 Å². The van der Waals surface area contributed by atoms with Crippen LogP contribution in [0.2, 0.25) is 0 Å². The van der Waals surface area contributed by atoms with Gasteiger partial charge in [0.1, 0.15) is 18.2 Å². The highest BCUT2D eigenvalue weighted by molar-refractivity contribution is 9.10. The third-order valence-electron chi connectivity index (χ3n) is 2.39. The molecule has 17 heavy (non-hydrogen) atoms. The molecule has 1 aromatic heterocycles. The number of halogens is 2. The van der Waals surface area contributed by atoms with Gasteiger partial charge in [-0.15, -0.1) is 0 Å². The molecule has 0 saturated heterocycles. The summed E-state index contributed by atoms with van der Waals surface area (Å²) < 4.78 is 18.6. The standard InChI is InChI=1S/C13H13BrFNO/c14-11-3-1-10(2-4-11)8-16-9-13-6-5-12(7-15)17-13/h1-6,16H,7-9H2. The van der Waals surface area contributed by atoms with Crippen LogP contribution in [0, 0.1) is 0 Å². The molecule has 2 rings (SSSR count). The van der Waals surface area contributed by atoms with E-state index in [1.165, 1.54) is 5.56 Å². The van der Waals surface area contributed by atoms with Gasteiger partial charge in [0.2, 0.25) is 0 Å². The van der Waals surface area contributed by atoms with Crippen molar-refractivity contribution < 1.29 is 8.81 Å². The average Bonchev–Trinajstić information content (AvgIpc) is 2.80. The molecule has 0 amide bonds. The van der Waals surface area contributed by atoms with E-state index >= 15 is 0 Å². The van der Waals surface area contributed by atoms with Gasteiger partial charge in [0.05, 0.1) is 6.54 Å². The molecule has 0 saturated carbocycles. The molecule has 2 aromatic rings. The molecule has 0 unspecified atom stereocenters. The highest BCUT2D eigenvalue weighted by atomic mass is 79.9. The van der Waals surface area contributed by atoms with Crippen molar-refractivity contribution in [2.75, 3.05) is 0 Å². The molecule has 0 spiro atoms. The van der Waals surface area contributed by atoms with Gasteiger partial charge >= 0.3 is 0 Å². The Morgan fingerprint density at radius 3 is 2.35 bits per heavy atom. The minimum Gasteiger partial charge on any atom is -0.462 e. The number of benzene rings is 1. The van der Waals surface area contributed by atoms with Crippen molar-refractivity contribution >= 4 is 15.9 Å². The lowest BCUT2D eigenvalue weighted by Crippen LogP contribution is -2.11. The second-order valence-corrected chi connectivity index (χ2v) is 4.65. The van der Waals surface area contributed by atoms with Gasteiger partial charge in [-0.2, -0.15) is 0 Å². The average molecular weight is 298 g/mol. The Balaban J connectivity index is 1.81. The van der Waals surface area contributed by atoms with Crippen LogP contribution in [0.5, 0.6) is 0 Å². The third kappa shape index (κ3) is 3.68. The molecule has 1 aromatic carbocycles. The summed E-state index contributed by atoms with van der Waals surface area (Å²) in [5.41, 5.74) is 1.20. The first-order valence-electron chi connectivity index (χ1n) is 5.36. The van der Waals surface area contributed by atoms with Crippen LogP contribution in [-0.4, -0.2) is 0 Å². The lowest BCUT2D eigenvalue weighted by atomic mass is 10.2. The lowest BCUT2D eigenvalue weighted by Gasteiger charge is -2.03. The number of alkyl halides is 1. The summed E-state index contributed by atoms with van der Waals surface area (Å²) >= 11 is 3.39. The molecule has 2 nitrogen and oxygen atoms in total. The Kier molecular flexibility index (Phi) is 4.34. The predicted molar refractivity (Wildman–Crippen MR) is 68.2 cm³/mol. The van der Waals surface area contributed by atoms with Gasteiger partial charge in [0.15, 0.2) is 0 Å². The fraction of sp³-hybridized carbons (Fsp3) is 0.231. The van der Waals surface area contributed by atoms with E-state index in [9.17, 15) is 4.39 Å². The van der Waals surface area contributed by atoms with E-state index in [1.54, 1.807) is 12.1 Å². The van der Waals surface area contributed by atoms with Gasteiger partial charge in [-0.3, -0.25) is 0 Å². The van der Waals surface area contributed by atoms with Crippen LogP contribution in [0.4, 0.5) is 4.39 Å². The maximum atomic E-state index is 12.2. The molecule has 0 fully saturated rings. The maximum Gasteiger partial charge on any atom is 0.147 e. The van der Waals surface area contributed by atoms with Crippen molar-refractivity contribution in [1.82, 2.24) is 5.32 Å². The van der Waals surface area contributed by atoms with Crippen LogP contribution in [0.15, 0.2) is 45.3 Å². The second-order valence-electron chi connectivity index (χ2n) is 3.73. The number of rotatable bonds is 5. The Labute approximate surface area is 108 Å². The minimum absolute atomic E-state index is 0.380. The topological polar surface area (TPSA) is 25.2 Å². The summed E-state index contributed by atoms with van der Waals surface area (Å²) in [5, 5.41) is 3.24. The highest BCUT2D eigenvalue weighted by Crippen LogP contribution is 2.11. The summed E-state index contributed by atoms with van der Waals surface area (Å²) in [6, 6.07) is 11.6. The van der Waals surface area contributed by atoms with Crippen molar-refractivity contribution in [2.45, 2.75) is 19.8 Å². The quantitative estimate of drug-likeness (QED) is 0.908. The molecule has 1 heterocycles. The number of hydrogen-bond acceptors (Lipinski definition) is 2. The summed E-state index contributed by atoms with van der Waals surface area (Å²) in [7, 11) is 0. The van der Waals surface area contributed by atoms with E-state index in [2.05, 4.69) is 21.2 Å². The van der Waals surface area contributed by atoms with Gasteiger partial charge < -0.3 is 9.73 Å². The Hall–Kier alpha value is -1.13. The number of furan rings is 1. The zero-order valence-electron chi connectivity index (χ0n) is 9.25. The van der Waals surface area contributed by atoms with Crippen LogP contribution in [0.25, 0.3) is 0 Å². The van der Waals surface area contributed by atoms with E-state index in [4.69, 9.17) is 4.42 Å². The van der Waals surface area contributed by atoms with Crippen molar-refractivity contribution in [2.24, 2.45) is 0 Å². The number of nitrogens with one attached hydrogen (secondary N) is 1. The molecule has 0 aliphatic rings. The van der Waals surface area contributed by atoms with Crippen LogP contribution in [-0.2, 0) is 19.8 Å². The number of hydrogen-bond donors (Lipinski definition) is 1. The molecular formula is C13H13BrFNO. The normalized spacial score (nSPS) is 10.7. The molecular weight excluding hydrogens is 285 g/mol. The van der Waals surface area contributed by atoms with E-state index in [0.29, 0.717) is 12.3 Å². The molecule has 0 aliphatic carbocycles. The summed E-state index contributed by atoms with van der Waals surface area (Å²) in [4.78, 5) is 0. The first kappa shape index (κ1) is 12.3. The van der Waals surface area contributed by atoms with Crippen LogP contribution in [0.3, 0.4) is 0 Å². The molecule has 4 heteroatoms. The summed E-state index contributed by atoms with van der Waals surface area (Å²) in [6.45, 7) is 0.821. The summed E-state index contributed by atoms with van der Waals surface area (Å²) in [6.07, 6.45) is 0. The zero-order valence-corrected chi connectivity index (χ0v) is 10.8. The lowest BCUT2D eigenvalue weighted by molar-refractivity contribution is 0.371. The monoisotopic (exact) mass is 297 g/mol.